The predicted molar refractivity (Wildman–Crippen MR) is 66.8 cm³/mol. The van der Waals surface area contributed by atoms with Crippen LogP contribution in [0.2, 0.25) is 0 Å². The molecule has 0 N–H and O–H groups in total. The van der Waals surface area contributed by atoms with E-state index < -0.39 is 0 Å². The Morgan fingerprint density at radius 2 is 2.07 bits per heavy atom. The molecule has 0 radical (unpaired) electrons. The molecule has 0 nitrogen and oxygen atoms in total. The molecule has 2 aliphatic rings. The maximum atomic E-state index is 4.25. The van der Waals surface area contributed by atoms with E-state index in [4.69, 9.17) is 0 Å². The van der Waals surface area contributed by atoms with Crippen molar-refractivity contribution in [3.63, 3.8) is 0 Å². The van der Waals surface area contributed by atoms with Crippen molar-refractivity contribution >= 4 is 0 Å². The van der Waals surface area contributed by atoms with Gasteiger partial charge in [-0.25, -0.2) is 0 Å². The summed E-state index contributed by atoms with van der Waals surface area (Å²) >= 11 is 0. The van der Waals surface area contributed by atoms with Crippen molar-refractivity contribution < 1.29 is 0 Å². The molecule has 2 bridgehead atoms. The molecule has 1 unspecified atom stereocenters. The lowest BCUT2D eigenvalue weighted by molar-refractivity contribution is 0.664. The Hall–Kier alpha value is -0.780. The highest BCUT2D eigenvalue weighted by molar-refractivity contribution is 5.22. The second kappa shape index (κ2) is 4.83. The number of hydrogen-bond acceptors (Lipinski definition) is 0. The van der Waals surface area contributed by atoms with E-state index >= 15 is 0 Å². The zero-order valence-electron chi connectivity index (χ0n) is 9.89. The number of allylic oxidation sites excluding steroid dienone is 5. The van der Waals surface area contributed by atoms with Crippen molar-refractivity contribution in [2.75, 3.05) is 0 Å². The first-order chi connectivity index (χ1) is 7.25. The lowest BCUT2D eigenvalue weighted by Crippen LogP contribution is -1.95. The topological polar surface area (TPSA) is 0 Å². The molecule has 2 rings (SSSR count). The molecule has 0 amide bonds. The Morgan fingerprint density at radius 3 is 2.93 bits per heavy atom. The van der Waals surface area contributed by atoms with Gasteiger partial charge in [-0.05, 0) is 57.8 Å². The molecular formula is C15H22. The summed E-state index contributed by atoms with van der Waals surface area (Å²) in [5, 5.41) is 0. The Kier molecular flexibility index (Phi) is 3.45. The van der Waals surface area contributed by atoms with Crippen LogP contribution in [0, 0.1) is 5.92 Å². The Labute approximate surface area is 93.8 Å². The summed E-state index contributed by atoms with van der Waals surface area (Å²) in [5.41, 5.74) is 4.72. The van der Waals surface area contributed by atoms with Crippen LogP contribution in [-0.4, -0.2) is 0 Å². The van der Waals surface area contributed by atoms with Crippen LogP contribution < -0.4 is 0 Å². The van der Waals surface area contributed by atoms with E-state index in [1.54, 1.807) is 11.1 Å². The van der Waals surface area contributed by atoms with Crippen LogP contribution in [0.4, 0.5) is 0 Å². The highest BCUT2D eigenvalue weighted by atomic mass is 14.2. The lowest BCUT2D eigenvalue weighted by atomic mass is 9.95. The van der Waals surface area contributed by atoms with E-state index in [9.17, 15) is 0 Å². The quantitative estimate of drug-likeness (QED) is 0.495. The predicted octanol–water partition coefficient (Wildman–Crippen LogP) is 4.79. The zero-order valence-corrected chi connectivity index (χ0v) is 9.89. The molecule has 0 saturated heterocycles. The van der Waals surface area contributed by atoms with Crippen LogP contribution in [0.25, 0.3) is 0 Å². The van der Waals surface area contributed by atoms with Crippen LogP contribution in [0.3, 0.4) is 0 Å². The van der Waals surface area contributed by atoms with E-state index in [1.807, 2.05) is 0 Å². The van der Waals surface area contributed by atoms with Gasteiger partial charge in [0, 0.05) is 0 Å². The van der Waals surface area contributed by atoms with Crippen LogP contribution in [0.15, 0.2) is 35.5 Å². The molecule has 0 fully saturated rings. The maximum Gasteiger partial charge on any atom is -0.00203 e. The van der Waals surface area contributed by atoms with Gasteiger partial charge in [-0.2, -0.15) is 0 Å². The zero-order chi connectivity index (χ0) is 10.7. The molecule has 82 valence electrons. The van der Waals surface area contributed by atoms with Gasteiger partial charge >= 0.3 is 0 Å². The summed E-state index contributed by atoms with van der Waals surface area (Å²) in [6, 6.07) is 0. The molecule has 0 aromatic carbocycles. The van der Waals surface area contributed by atoms with Gasteiger partial charge in [0.2, 0.25) is 0 Å². The summed E-state index contributed by atoms with van der Waals surface area (Å²) in [7, 11) is 0. The van der Waals surface area contributed by atoms with E-state index in [1.165, 1.54) is 50.5 Å². The summed E-state index contributed by atoms with van der Waals surface area (Å²) in [6.07, 6.45) is 13.9. The van der Waals surface area contributed by atoms with Gasteiger partial charge < -0.3 is 0 Å². The van der Waals surface area contributed by atoms with Crippen molar-refractivity contribution in [2.24, 2.45) is 5.92 Å². The molecule has 0 heteroatoms. The van der Waals surface area contributed by atoms with Crippen LogP contribution in [-0.2, 0) is 0 Å². The van der Waals surface area contributed by atoms with Gasteiger partial charge in [-0.15, -0.1) is 0 Å². The van der Waals surface area contributed by atoms with Gasteiger partial charge in [0.15, 0.2) is 0 Å². The maximum absolute atomic E-state index is 4.25. The summed E-state index contributed by atoms with van der Waals surface area (Å²) in [4.78, 5) is 0. The third kappa shape index (κ3) is 2.84. The second-order valence-electron chi connectivity index (χ2n) is 5.07. The molecule has 0 aliphatic heterocycles. The normalized spacial score (nSPS) is 28.1. The minimum absolute atomic E-state index is 0.707. The van der Waals surface area contributed by atoms with E-state index in [0.717, 1.165) is 0 Å². The first-order valence-electron chi connectivity index (χ1n) is 6.28. The third-order valence-electron chi connectivity index (χ3n) is 3.77. The number of fused-ring (bicyclic) bond motifs is 1. The van der Waals surface area contributed by atoms with Crippen molar-refractivity contribution in [3.05, 3.63) is 35.5 Å². The second-order valence-corrected chi connectivity index (χ2v) is 5.07. The summed E-state index contributed by atoms with van der Waals surface area (Å²) in [5.74, 6) is 0.707. The first kappa shape index (κ1) is 10.7. The van der Waals surface area contributed by atoms with Crippen LogP contribution in [0.5, 0.6) is 0 Å². The molecule has 1 atom stereocenters. The molecular weight excluding hydrogens is 180 g/mol. The minimum atomic E-state index is 0.707. The minimum Gasteiger partial charge on any atom is -0.0993 e. The molecule has 0 spiro atoms. The average molecular weight is 202 g/mol. The van der Waals surface area contributed by atoms with E-state index in [2.05, 4.69) is 25.7 Å². The largest absolute Gasteiger partial charge is 0.0993 e. The highest BCUT2D eigenvalue weighted by Gasteiger charge is 2.18. The van der Waals surface area contributed by atoms with Gasteiger partial charge in [-0.3, -0.25) is 0 Å². The van der Waals surface area contributed by atoms with Gasteiger partial charge in [0.25, 0.3) is 0 Å². The highest BCUT2D eigenvalue weighted by Crippen LogP contribution is 2.34. The SMILES string of the molecule is C=C1CCCC=C(C)CCC2=CC1CC2. The van der Waals surface area contributed by atoms with Gasteiger partial charge in [0.1, 0.15) is 0 Å². The standard InChI is InChI=1S/C15H22/c1-12-5-3-4-6-13(2)15-10-9-14(11-15)8-7-12/h5,11,15H,2-4,6-10H2,1H3. The Morgan fingerprint density at radius 1 is 1.20 bits per heavy atom. The summed E-state index contributed by atoms with van der Waals surface area (Å²) in [6.45, 7) is 6.53. The van der Waals surface area contributed by atoms with Crippen molar-refractivity contribution in [1.82, 2.24) is 0 Å². The smallest absolute Gasteiger partial charge is 0.00203 e. The molecule has 0 aromatic heterocycles. The van der Waals surface area contributed by atoms with E-state index in [-0.39, 0.29) is 0 Å². The van der Waals surface area contributed by atoms with E-state index in [0.29, 0.717) is 5.92 Å². The molecule has 15 heavy (non-hydrogen) atoms. The van der Waals surface area contributed by atoms with Crippen molar-refractivity contribution in [3.8, 4) is 0 Å². The lowest BCUT2D eigenvalue weighted by Gasteiger charge is -2.10. The molecule has 0 heterocycles. The van der Waals surface area contributed by atoms with Crippen molar-refractivity contribution in [1.29, 1.82) is 0 Å². The first-order valence-corrected chi connectivity index (χ1v) is 6.28. The van der Waals surface area contributed by atoms with Gasteiger partial charge in [0.05, 0.1) is 0 Å². The molecule has 2 aliphatic carbocycles. The summed E-state index contributed by atoms with van der Waals surface area (Å²) < 4.78 is 0. The average Bonchev–Trinajstić information content (AvgIpc) is 2.68. The van der Waals surface area contributed by atoms with Gasteiger partial charge in [-0.1, -0.05) is 35.5 Å². The fourth-order valence-electron chi connectivity index (χ4n) is 2.65. The van der Waals surface area contributed by atoms with Crippen LogP contribution in [0.1, 0.15) is 51.9 Å². The fourth-order valence-corrected chi connectivity index (χ4v) is 2.65. The fraction of sp³-hybridized carbons (Fsp3) is 0.600. The van der Waals surface area contributed by atoms with Crippen LogP contribution >= 0.6 is 0 Å². The Bertz CT molecular complexity index is 304. The Balaban J connectivity index is 2.08. The third-order valence-corrected chi connectivity index (χ3v) is 3.77. The molecule has 0 aromatic rings. The monoisotopic (exact) mass is 202 g/mol. The van der Waals surface area contributed by atoms with Crippen molar-refractivity contribution in [2.45, 2.75) is 51.9 Å². The number of rotatable bonds is 0. The number of hydrogen-bond donors (Lipinski definition) is 0. The molecule has 0 saturated carbocycles.